The van der Waals surface area contributed by atoms with E-state index in [2.05, 4.69) is 50.8 Å². The van der Waals surface area contributed by atoms with Gasteiger partial charge in [-0.2, -0.15) is 0 Å². The van der Waals surface area contributed by atoms with Crippen LogP contribution in [-0.4, -0.2) is 6.73 Å². The number of hydrogen-bond acceptors (Lipinski definition) is 2. The number of ether oxygens (including phenoxy) is 1. The standard InChI is InChI=1S/C15H21NO/c1-11(2)13-6-5-7-14(12(3)4)15(13)16-8-9-17-10-16/h5-9,11-12H,10H2,1-4H3. The maximum Gasteiger partial charge on any atom is 0.164 e. The molecule has 2 nitrogen and oxygen atoms in total. The van der Waals surface area contributed by atoms with Crippen LogP contribution in [0.3, 0.4) is 0 Å². The summed E-state index contributed by atoms with van der Waals surface area (Å²) in [5.41, 5.74) is 4.11. The minimum Gasteiger partial charge on any atom is -0.479 e. The van der Waals surface area contributed by atoms with Crippen molar-refractivity contribution in [1.82, 2.24) is 0 Å². The maximum atomic E-state index is 5.33. The van der Waals surface area contributed by atoms with Crippen molar-refractivity contribution < 1.29 is 4.74 Å². The molecule has 0 bridgehead atoms. The Morgan fingerprint density at radius 2 is 1.65 bits per heavy atom. The van der Waals surface area contributed by atoms with Crippen LogP contribution in [0.2, 0.25) is 0 Å². The van der Waals surface area contributed by atoms with Gasteiger partial charge in [0, 0.05) is 6.20 Å². The van der Waals surface area contributed by atoms with E-state index in [9.17, 15) is 0 Å². The lowest BCUT2D eigenvalue weighted by Crippen LogP contribution is -2.18. The van der Waals surface area contributed by atoms with Crippen LogP contribution < -0.4 is 4.90 Å². The average molecular weight is 231 g/mol. The predicted molar refractivity (Wildman–Crippen MR) is 72.2 cm³/mol. The molecule has 0 unspecified atom stereocenters. The van der Waals surface area contributed by atoms with Crippen LogP contribution >= 0.6 is 0 Å². The van der Waals surface area contributed by atoms with E-state index in [1.165, 1.54) is 16.8 Å². The zero-order chi connectivity index (χ0) is 12.4. The summed E-state index contributed by atoms with van der Waals surface area (Å²) in [4.78, 5) is 2.20. The molecule has 0 aromatic heterocycles. The molecule has 0 amide bonds. The van der Waals surface area contributed by atoms with Crippen molar-refractivity contribution in [3.63, 3.8) is 0 Å². The molecular formula is C15H21NO. The summed E-state index contributed by atoms with van der Waals surface area (Å²) >= 11 is 0. The molecule has 0 atom stereocenters. The lowest BCUT2D eigenvalue weighted by Gasteiger charge is -2.25. The van der Waals surface area contributed by atoms with E-state index < -0.39 is 0 Å². The number of benzene rings is 1. The lowest BCUT2D eigenvalue weighted by molar-refractivity contribution is 0.282. The zero-order valence-corrected chi connectivity index (χ0v) is 11.1. The molecule has 0 fully saturated rings. The summed E-state index contributed by atoms with van der Waals surface area (Å²) < 4.78 is 5.33. The highest BCUT2D eigenvalue weighted by Gasteiger charge is 2.19. The Morgan fingerprint density at radius 3 is 2.06 bits per heavy atom. The molecule has 17 heavy (non-hydrogen) atoms. The van der Waals surface area contributed by atoms with Crippen LogP contribution in [0.25, 0.3) is 0 Å². The molecule has 0 radical (unpaired) electrons. The number of para-hydroxylation sites is 1. The van der Waals surface area contributed by atoms with E-state index in [0.29, 0.717) is 18.6 Å². The van der Waals surface area contributed by atoms with Gasteiger partial charge in [-0.1, -0.05) is 45.9 Å². The Balaban J connectivity index is 2.53. The summed E-state index contributed by atoms with van der Waals surface area (Å²) in [7, 11) is 0. The van der Waals surface area contributed by atoms with Gasteiger partial charge in [-0.25, -0.2) is 0 Å². The molecule has 0 spiro atoms. The van der Waals surface area contributed by atoms with E-state index in [1.807, 2.05) is 6.20 Å². The smallest absolute Gasteiger partial charge is 0.164 e. The highest BCUT2D eigenvalue weighted by Crippen LogP contribution is 2.36. The van der Waals surface area contributed by atoms with Crippen LogP contribution in [-0.2, 0) is 4.74 Å². The quantitative estimate of drug-likeness (QED) is 0.773. The third-order valence-electron chi connectivity index (χ3n) is 3.18. The van der Waals surface area contributed by atoms with Crippen LogP contribution in [0.4, 0.5) is 5.69 Å². The predicted octanol–water partition coefficient (Wildman–Crippen LogP) is 4.20. The molecule has 0 saturated heterocycles. The molecule has 0 N–H and O–H groups in total. The highest BCUT2D eigenvalue weighted by atomic mass is 16.5. The number of hydrogen-bond donors (Lipinski definition) is 0. The second kappa shape index (κ2) is 4.82. The second-order valence-corrected chi connectivity index (χ2v) is 5.15. The number of rotatable bonds is 3. The Morgan fingerprint density at radius 1 is 1.06 bits per heavy atom. The van der Waals surface area contributed by atoms with Gasteiger partial charge in [0.15, 0.2) is 6.73 Å². The van der Waals surface area contributed by atoms with Gasteiger partial charge < -0.3 is 9.64 Å². The first kappa shape index (κ1) is 12.0. The summed E-state index contributed by atoms with van der Waals surface area (Å²) in [6.07, 6.45) is 3.79. The van der Waals surface area contributed by atoms with E-state index in [1.54, 1.807) is 6.26 Å². The van der Waals surface area contributed by atoms with Crippen molar-refractivity contribution in [3.05, 3.63) is 41.8 Å². The van der Waals surface area contributed by atoms with E-state index in [-0.39, 0.29) is 0 Å². The monoisotopic (exact) mass is 231 g/mol. The Bertz CT molecular complexity index is 395. The number of anilines is 1. The molecule has 1 heterocycles. The minimum atomic E-state index is 0.526. The van der Waals surface area contributed by atoms with E-state index >= 15 is 0 Å². The molecule has 1 aliphatic heterocycles. The first-order chi connectivity index (χ1) is 8.11. The summed E-state index contributed by atoms with van der Waals surface area (Å²) in [5, 5.41) is 0. The van der Waals surface area contributed by atoms with Gasteiger partial charge in [-0.05, 0) is 23.0 Å². The Labute approximate surface area is 104 Å². The van der Waals surface area contributed by atoms with E-state index in [4.69, 9.17) is 4.74 Å². The molecule has 1 aromatic carbocycles. The second-order valence-electron chi connectivity index (χ2n) is 5.15. The first-order valence-corrected chi connectivity index (χ1v) is 6.29. The fourth-order valence-electron chi connectivity index (χ4n) is 2.27. The Hall–Kier alpha value is -1.44. The molecule has 2 heteroatoms. The van der Waals surface area contributed by atoms with Gasteiger partial charge in [0.1, 0.15) is 6.26 Å². The van der Waals surface area contributed by atoms with Gasteiger partial charge >= 0.3 is 0 Å². The number of nitrogens with zero attached hydrogens (tertiary/aromatic N) is 1. The van der Waals surface area contributed by atoms with Crippen molar-refractivity contribution in [2.75, 3.05) is 11.6 Å². The zero-order valence-electron chi connectivity index (χ0n) is 11.1. The van der Waals surface area contributed by atoms with E-state index in [0.717, 1.165) is 0 Å². The average Bonchev–Trinajstić information content (AvgIpc) is 2.80. The third kappa shape index (κ3) is 2.31. The van der Waals surface area contributed by atoms with Crippen molar-refractivity contribution in [3.8, 4) is 0 Å². The van der Waals surface area contributed by atoms with Gasteiger partial charge in [0.25, 0.3) is 0 Å². The molecule has 2 rings (SSSR count). The highest BCUT2D eigenvalue weighted by molar-refractivity contribution is 5.63. The maximum absolute atomic E-state index is 5.33. The molecule has 0 saturated carbocycles. The van der Waals surface area contributed by atoms with Crippen molar-refractivity contribution >= 4 is 5.69 Å². The van der Waals surface area contributed by atoms with Crippen LogP contribution in [0.15, 0.2) is 30.7 Å². The van der Waals surface area contributed by atoms with Gasteiger partial charge in [-0.15, -0.1) is 0 Å². The molecular weight excluding hydrogens is 210 g/mol. The third-order valence-corrected chi connectivity index (χ3v) is 3.18. The minimum absolute atomic E-state index is 0.526. The van der Waals surface area contributed by atoms with Crippen molar-refractivity contribution in [1.29, 1.82) is 0 Å². The fourth-order valence-corrected chi connectivity index (χ4v) is 2.27. The van der Waals surface area contributed by atoms with Crippen LogP contribution in [0.1, 0.15) is 50.7 Å². The summed E-state index contributed by atoms with van der Waals surface area (Å²) in [6.45, 7) is 9.59. The summed E-state index contributed by atoms with van der Waals surface area (Å²) in [5.74, 6) is 1.05. The molecule has 0 aliphatic carbocycles. The van der Waals surface area contributed by atoms with Crippen molar-refractivity contribution in [2.45, 2.75) is 39.5 Å². The first-order valence-electron chi connectivity index (χ1n) is 6.29. The Kier molecular flexibility index (Phi) is 3.41. The van der Waals surface area contributed by atoms with Crippen molar-refractivity contribution in [2.24, 2.45) is 0 Å². The van der Waals surface area contributed by atoms with Crippen LogP contribution in [0.5, 0.6) is 0 Å². The topological polar surface area (TPSA) is 12.5 Å². The van der Waals surface area contributed by atoms with Gasteiger partial charge in [0.2, 0.25) is 0 Å². The normalized spacial score (nSPS) is 14.8. The van der Waals surface area contributed by atoms with Gasteiger partial charge in [0.05, 0.1) is 5.69 Å². The molecule has 1 aromatic rings. The SMILES string of the molecule is CC(C)c1cccc(C(C)C)c1N1C=COC1. The molecule has 92 valence electrons. The van der Waals surface area contributed by atoms with Crippen LogP contribution in [0, 0.1) is 0 Å². The largest absolute Gasteiger partial charge is 0.479 e. The summed E-state index contributed by atoms with van der Waals surface area (Å²) in [6, 6.07) is 6.60. The van der Waals surface area contributed by atoms with Gasteiger partial charge in [-0.3, -0.25) is 0 Å². The lowest BCUT2D eigenvalue weighted by atomic mass is 9.92. The molecule has 1 aliphatic rings. The fraction of sp³-hybridized carbons (Fsp3) is 0.467.